The van der Waals surface area contributed by atoms with E-state index in [2.05, 4.69) is 29.6 Å². The molecule has 0 bridgehead atoms. The van der Waals surface area contributed by atoms with Gasteiger partial charge in [-0.1, -0.05) is 26.7 Å². The Morgan fingerprint density at radius 1 is 1.47 bits per heavy atom. The molecule has 0 aromatic carbocycles. The molecule has 1 aliphatic rings. The Hall–Kier alpha value is -1.52. The van der Waals surface area contributed by atoms with Crippen LogP contribution in [0.15, 0.2) is 12.4 Å². The van der Waals surface area contributed by atoms with Crippen molar-refractivity contribution >= 4 is 11.6 Å². The zero-order chi connectivity index (χ0) is 13.8. The maximum atomic E-state index is 11.3. The van der Waals surface area contributed by atoms with Crippen LogP contribution >= 0.6 is 0 Å². The van der Waals surface area contributed by atoms with Gasteiger partial charge in [-0.3, -0.25) is 9.48 Å². The van der Waals surface area contributed by atoms with Gasteiger partial charge in [0.1, 0.15) is 6.54 Å². The molecule has 1 fully saturated rings. The van der Waals surface area contributed by atoms with Gasteiger partial charge in [0.15, 0.2) is 0 Å². The Bertz CT molecular complexity index is 429. The first-order valence-corrected chi connectivity index (χ1v) is 7.09. The van der Waals surface area contributed by atoms with Gasteiger partial charge in [0.25, 0.3) is 0 Å². The summed E-state index contributed by atoms with van der Waals surface area (Å²) in [6.45, 7) is 4.92. The van der Waals surface area contributed by atoms with E-state index < -0.39 is 0 Å². The summed E-state index contributed by atoms with van der Waals surface area (Å²) >= 11 is 0. The lowest BCUT2D eigenvalue weighted by Gasteiger charge is -2.34. The van der Waals surface area contributed by atoms with Gasteiger partial charge >= 0.3 is 0 Å². The standard InChI is InChI=1S/C14H24N4O/c1-10-5-4-6-13(11(10)2)17-12-7-16-18(8-12)9-14(19)15-3/h7-8,10-11,13,17H,4-6,9H2,1-3H3,(H,15,19). The number of nitrogens with zero attached hydrogens (tertiary/aromatic N) is 2. The number of rotatable bonds is 4. The third kappa shape index (κ3) is 3.49. The van der Waals surface area contributed by atoms with Gasteiger partial charge in [-0.25, -0.2) is 0 Å². The molecule has 106 valence electrons. The molecule has 1 saturated carbocycles. The number of likely N-dealkylation sites (N-methyl/N-ethyl adjacent to an activating group) is 1. The first kappa shape index (κ1) is 13.9. The van der Waals surface area contributed by atoms with E-state index in [9.17, 15) is 4.79 Å². The monoisotopic (exact) mass is 264 g/mol. The smallest absolute Gasteiger partial charge is 0.241 e. The van der Waals surface area contributed by atoms with Gasteiger partial charge < -0.3 is 10.6 Å². The summed E-state index contributed by atoms with van der Waals surface area (Å²) < 4.78 is 1.66. The minimum Gasteiger partial charge on any atom is -0.379 e. The third-order valence-corrected chi connectivity index (χ3v) is 4.28. The maximum Gasteiger partial charge on any atom is 0.241 e. The number of nitrogens with one attached hydrogen (secondary N) is 2. The maximum absolute atomic E-state index is 11.3. The molecule has 3 unspecified atom stereocenters. The SMILES string of the molecule is CNC(=O)Cn1cc(NC2CCCC(C)C2C)cn1. The van der Waals surface area contributed by atoms with E-state index in [1.807, 2.05) is 6.20 Å². The minimum absolute atomic E-state index is 0.0330. The molecule has 3 atom stereocenters. The van der Waals surface area contributed by atoms with Gasteiger partial charge in [0, 0.05) is 19.3 Å². The predicted octanol–water partition coefficient (Wildman–Crippen LogP) is 1.87. The quantitative estimate of drug-likeness (QED) is 0.872. The van der Waals surface area contributed by atoms with Crippen molar-refractivity contribution in [2.24, 2.45) is 11.8 Å². The highest BCUT2D eigenvalue weighted by Crippen LogP contribution is 2.31. The summed E-state index contributed by atoms with van der Waals surface area (Å²) in [6.07, 6.45) is 7.53. The fourth-order valence-corrected chi connectivity index (χ4v) is 2.75. The van der Waals surface area contributed by atoms with Crippen LogP contribution in [0, 0.1) is 11.8 Å². The summed E-state index contributed by atoms with van der Waals surface area (Å²) in [4.78, 5) is 11.3. The largest absolute Gasteiger partial charge is 0.379 e. The Balaban J connectivity index is 1.94. The van der Waals surface area contributed by atoms with Crippen molar-refractivity contribution in [3.05, 3.63) is 12.4 Å². The molecule has 0 aliphatic heterocycles. The molecule has 1 heterocycles. The Kier molecular flexibility index (Phi) is 4.45. The Morgan fingerprint density at radius 2 is 2.26 bits per heavy atom. The van der Waals surface area contributed by atoms with Gasteiger partial charge in [-0.15, -0.1) is 0 Å². The average molecular weight is 264 g/mol. The number of anilines is 1. The summed E-state index contributed by atoms with van der Waals surface area (Å²) in [5.41, 5.74) is 1.01. The molecule has 1 aliphatic carbocycles. The fraction of sp³-hybridized carbons (Fsp3) is 0.714. The normalized spacial score (nSPS) is 27.0. The number of carbonyl (C=O) groups excluding carboxylic acids is 1. The van der Waals surface area contributed by atoms with Crippen LogP contribution in [0.1, 0.15) is 33.1 Å². The summed E-state index contributed by atoms with van der Waals surface area (Å²) in [7, 11) is 1.64. The third-order valence-electron chi connectivity index (χ3n) is 4.28. The number of amides is 1. The Labute approximate surface area is 114 Å². The number of hydrogen-bond acceptors (Lipinski definition) is 3. The first-order valence-electron chi connectivity index (χ1n) is 7.09. The molecule has 1 aromatic rings. The van der Waals surface area contributed by atoms with E-state index in [4.69, 9.17) is 0 Å². The highest BCUT2D eigenvalue weighted by molar-refractivity contribution is 5.75. The van der Waals surface area contributed by atoms with Crippen LogP contribution in [-0.4, -0.2) is 28.8 Å². The van der Waals surface area contributed by atoms with Gasteiger partial charge in [-0.05, 0) is 18.3 Å². The van der Waals surface area contributed by atoms with Crippen molar-refractivity contribution in [3.8, 4) is 0 Å². The van der Waals surface area contributed by atoms with Gasteiger partial charge in [0.05, 0.1) is 11.9 Å². The van der Waals surface area contributed by atoms with Crippen molar-refractivity contribution in [2.75, 3.05) is 12.4 Å². The second kappa shape index (κ2) is 6.08. The van der Waals surface area contributed by atoms with Crippen molar-refractivity contribution in [3.63, 3.8) is 0 Å². The second-order valence-corrected chi connectivity index (χ2v) is 5.62. The van der Waals surface area contributed by atoms with E-state index in [1.165, 1.54) is 19.3 Å². The first-order chi connectivity index (χ1) is 9.10. The molecule has 5 heteroatoms. The number of aromatic nitrogens is 2. The van der Waals surface area contributed by atoms with Crippen LogP contribution in [0.5, 0.6) is 0 Å². The lowest BCUT2D eigenvalue weighted by Crippen LogP contribution is -2.34. The van der Waals surface area contributed by atoms with Crippen LogP contribution in [0.25, 0.3) is 0 Å². The van der Waals surface area contributed by atoms with Crippen LogP contribution in [0.2, 0.25) is 0 Å². The zero-order valence-corrected chi connectivity index (χ0v) is 12.0. The number of hydrogen-bond donors (Lipinski definition) is 2. The summed E-state index contributed by atoms with van der Waals surface area (Å²) in [5, 5.41) is 10.4. The summed E-state index contributed by atoms with van der Waals surface area (Å²) in [6, 6.07) is 0.515. The van der Waals surface area contributed by atoms with E-state index in [-0.39, 0.29) is 12.5 Å². The molecule has 2 rings (SSSR count). The second-order valence-electron chi connectivity index (χ2n) is 5.62. The van der Waals surface area contributed by atoms with Crippen LogP contribution in [0.4, 0.5) is 5.69 Å². The topological polar surface area (TPSA) is 59.0 Å². The van der Waals surface area contributed by atoms with Crippen molar-refractivity contribution < 1.29 is 4.79 Å². The lowest BCUT2D eigenvalue weighted by atomic mass is 9.78. The highest BCUT2D eigenvalue weighted by Gasteiger charge is 2.27. The molecule has 0 spiro atoms. The van der Waals surface area contributed by atoms with E-state index in [0.717, 1.165) is 11.6 Å². The molecule has 2 N–H and O–H groups in total. The Morgan fingerprint density at radius 3 is 3.00 bits per heavy atom. The van der Waals surface area contributed by atoms with Crippen molar-refractivity contribution in [2.45, 2.75) is 45.7 Å². The van der Waals surface area contributed by atoms with Gasteiger partial charge in [-0.2, -0.15) is 5.10 Å². The van der Waals surface area contributed by atoms with Crippen LogP contribution in [-0.2, 0) is 11.3 Å². The molecular weight excluding hydrogens is 240 g/mol. The van der Waals surface area contributed by atoms with Crippen LogP contribution < -0.4 is 10.6 Å². The zero-order valence-electron chi connectivity index (χ0n) is 12.0. The molecule has 1 aromatic heterocycles. The molecular formula is C14H24N4O. The number of carbonyl (C=O) groups is 1. The highest BCUT2D eigenvalue weighted by atomic mass is 16.1. The molecule has 19 heavy (non-hydrogen) atoms. The lowest BCUT2D eigenvalue weighted by molar-refractivity contribution is -0.121. The molecule has 5 nitrogen and oxygen atoms in total. The van der Waals surface area contributed by atoms with E-state index in [1.54, 1.807) is 17.9 Å². The van der Waals surface area contributed by atoms with Crippen LogP contribution in [0.3, 0.4) is 0 Å². The molecule has 0 saturated heterocycles. The van der Waals surface area contributed by atoms with Crippen molar-refractivity contribution in [1.82, 2.24) is 15.1 Å². The van der Waals surface area contributed by atoms with Crippen molar-refractivity contribution in [1.29, 1.82) is 0 Å². The molecule has 1 amide bonds. The van der Waals surface area contributed by atoms with E-state index in [0.29, 0.717) is 12.0 Å². The van der Waals surface area contributed by atoms with E-state index >= 15 is 0 Å². The average Bonchev–Trinajstić information content (AvgIpc) is 2.82. The van der Waals surface area contributed by atoms with Gasteiger partial charge in [0.2, 0.25) is 5.91 Å². The molecule has 0 radical (unpaired) electrons. The minimum atomic E-state index is -0.0330. The summed E-state index contributed by atoms with van der Waals surface area (Å²) in [5.74, 6) is 1.41. The predicted molar refractivity (Wildman–Crippen MR) is 75.9 cm³/mol. The fourth-order valence-electron chi connectivity index (χ4n) is 2.75.